The highest BCUT2D eigenvalue weighted by Gasteiger charge is 2.14. The lowest BCUT2D eigenvalue weighted by Crippen LogP contribution is -2.12. The van der Waals surface area contributed by atoms with Crippen molar-refractivity contribution in [2.75, 3.05) is 0 Å². The molecule has 0 atom stereocenters. The van der Waals surface area contributed by atoms with Crippen LogP contribution in [0, 0.1) is 0 Å². The quantitative estimate of drug-likeness (QED) is 0.727. The van der Waals surface area contributed by atoms with Crippen molar-refractivity contribution in [2.45, 2.75) is 5.03 Å². The smallest absolute Gasteiger partial charge is 0.255 e. The summed E-state index contributed by atoms with van der Waals surface area (Å²) in [4.78, 5) is 3.78. The van der Waals surface area contributed by atoms with Crippen LogP contribution in [0.2, 0.25) is 0 Å². The molecule has 3 N–H and O–H groups in total. The van der Waals surface area contributed by atoms with Gasteiger partial charge in [0.25, 0.3) is 10.0 Å². The molecule has 2 aromatic rings. The molecule has 0 fully saturated rings. The van der Waals surface area contributed by atoms with E-state index in [1.165, 1.54) is 12.4 Å². The molecule has 0 bridgehead atoms. The van der Waals surface area contributed by atoms with Crippen molar-refractivity contribution in [1.82, 2.24) is 15.2 Å². The van der Waals surface area contributed by atoms with Gasteiger partial charge in [-0.3, -0.25) is 10.1 Å². The summed E-state index contributed by atoms with van der Waals surface area (Å²) in [6, 6.07) is 1.60. The Balaban J connectivity index is 0.000000980. The number of hydrogen-bond acceptors (Lipinski definition) is 4. The maximum atomic E-state index is 11.0. The van der Waals surface area contributed by atoms with Gasteiger partial charge in [-0.25, -0.2) is 13.6 Å². The normalized spacial score (nSPS) is 11.2. The molecule has 6 nitrogen and oxygen atoms in total. The van der Waals surface area contributed by atoms with E-state index in [4.69, 9.17) is 5.14 Å². The van der Waals surface area contributed by atoms with Crippen molar-refractivity contribution >= 4 is 33.3 Å². The summed E-state index contributed by atoms with van der Waals surface area (Å²) in [5, 5.41) is 11.4. The summed E-state index contributed by atoms with van der Waals surface area (Å²) in [6.45, 7) is 0. The molecule has 0 aliphatic rings. The Hall–Kier alpha value is -1.18. The second-order valence-electron chi connectivity index (χ2n) is 2.49. The molecule has 2 aromatic heterocycles. The Bertz CT molecular complexity index is 550. The van der Waals surface area contributed by atoms with Crippen molar-refractivity contribution < 1.29 is 8.42 Å². The highest BCUT2D eigenvalue weighted by Crippen LogP contribution is 2.16. The topological polar surface area (TPSA) is 102 Å². The number of halogens is 1. The molecule has 2 rings (SSSR count). The number of nitrogens with zero attached hydrogens (tertiary/aromatic N) is 2. The van der Waals surface area contributed by atoms with Gasteiger partial charge in [-0.1, -0.05) is 0 Å². The average molecular weight is 235 g/mol. The number of nitrogens with one attached hydrogen (secondary N) is 1. The van der Waals surface area contributed by atoms with Crippen LogP contribution in [0.15, 0.2) is 23.5 Å². The molecule has 0 aliphatic heterocycles. The van der Waals surface area contributed by atoms with Crippen LogP contribution in [0.25, 0.3) is 10.9 Å². The largest absolute Gasteiger partial charge is 0.265 e. The van der Waals surface area contributed by atoms with Crippen molar-refractivity contribution in [3.63, 3.8) is 0 Å². The van der Waals surface area contributed by atoms with Crippen molar-refractivity contribution in [1.29, 1.82) is 0 Å². The number of hydrogen-bond donors (Lipinski definition) is 2. The van der Waals surface area contributed by atoms with Gasteiger partial charge < -0.3 is 0 Å². The number of nitrogens with two attached hydrogens (primary N) is 1. The van der Waals surface area contributed by atoms with Gasteiger partial charge in [0, 0.05) is 12.4 Å². The molecule has 0 amide bonds. The van der Waals surface area contributed by atoms with Gasteiger partial charge in [0.05, 0.1) is 10.9 Å². The Morgan fingerprint density at radius 3 is 2.79 bits per heavy atom. The zero-order valence-corrected chi connectivity index (χ0v) is 8.47. The third-order valence-electron chi connectivity index (χ3n) is 1.61. The fourth-order valence-electron chi connectivity index (χ4n) is 1.05. The van der Waals surface area contributed by atoms with Crippen LogP contribution in [0.3, 0.4) is 0 Å². The van der Waals surface area contributed by atoms with E-state index >= 15 is 0 Å². The lowest BCUT2D eigenvalue weighted by molar-refractivity contribution is 0.594. The zero-order chi connectivity index (χ0) is 9.47. The first-order chi connectivity index (χ1) is 6.09. The number of rotatable bonds is 1. The summed E-state index contributed by atoms with van der Waals surface area (Å²) in [5.74, 6) is 0. The summed E-state index contributed by atoms with van der Waals surface area (Å²) < 4.78 is 22.0. The Labute approximate surface area is 86.0 Å². The molecule has 8 heteroatoms. The van der Waals surface area contributed by atoms with E-state index in [2.05, 4.69) is 15.2 Å². The van der Waals surface area contributed by atoms with Gasteiger partial charge in [-0.05, 0) is 6.07 Å². The second kappa shape index (κ2) is 3.52. The number of fused-ring (bicyclic) bond motifs is 1. The summed E-state index contributed by atoms with van der Waals surface area (Å²) in [6.07, 6.45) is 2.93. The number of pyridine rings is 1. The van der Waals surface area contributed by atoms with Crippen LogP contribution in [-0.4, -0.2) is 23.6 Å². The van der Waals surface area contributed by atoms with E-state index in [1.807, 2.05) is 0 Å². The summed E-state index contributed by atoms with van der Waals surface area (Å²) in [7, 11) is -3.74. The van der Waals surface area contributed by atoms with Gasteiger partial charge in [-0.15, -0.1) is 12.4 Å². The van der Waals surface area contributed by atoms with E-state index in [0.29, 0.717) is 10.9 Å². The number of sulfonamides is 1. The van der Waals surface area contributed by atoms with E-state index in [0.717, 1.165) is 0 Å². The minimum absolute atomic E-state index is 0. The number of aromatic amines is 1. The third kappa shape index (κ3) is 1.69. The zero-order valence-electron chi connectivity index (χ0n) is 6.84. The molecule has 0 spiro atoms. The van der Waals surface area contributed by atoms with E-state index in [-0.39, 0.29) is 17.4 Å². The van der Waals surface area contributed by atoms with Gasteiger partial charge >= 0.3 is 0 Å². The average Bonchev–Trinajstić information content (AvgIpc) is 2.45. The van der Waals surface area contributed by atoms with Gasteiger partial charge in [0.1, 0.15) is 0 Å². The van der Waals surface area contributed by atoms with E-state index in [9.17, 15) is 8.42 Å². The molecule has 0 aliphatic carbocycles. The minimum atomic E-state index is -3.74. The first-order valence-electron chi connectivity index (χ1n) is 3.40. The molecule has 0 saturated heterocycles. The van der Waals surface area contributed by atoms with Crippen LogP contribution in [-0.2, 0) is 10.0 Å². The molecule has 0 radical (unpaired) electrons. The molecule has 0 aromatic carbocycles. The molecular weight excluding hydrogens is 228 g/mol. The third-order valence-corrected chi connectivity index (χ3v) is 2.49. The highest BCUT2D eigenvalue weighted by molar-refractivity contribution is 7.89. The molecule has 76 valence electrons. The van der Waals surface area contributed by atoms with Gasteiger partial charge in [-0.2, -0.15) is 5.10 Å². The molecule has 0 saturated carbocycles. The Kier molecular flexibility index (Phi) is 2.74. The number of primary sulfonamides is 1. The van der Waals surface area contributed by atoms with Crippen LogP contribution in [0.5, 0.6) is 0 Å². The summed E-state index contributed by atoms with van der Waals surface area (Å²) >= 11 is 0. The molecule has 2 heterocycles. The standard InChI is InChI=1S/C6H6N4O2S.ClH/c7-13(11,12)6-4-3-8-2-1-5(4)9-10-6;/h1-3H,(H,9,10)(H2,7,11,12);1H. The first kappa shape index (κ1) is 10.9. The maximum absolute atomic E-state index is 11.0. The fraction of sp³-hybridized carbons (Fsp3) is 0. The van der Waals surface area contributed by atoms with Gasteiger partial charge in [0.15, 0.2) is 5.03 Å². The van der Waals surface area contributed by atoms with Crippen LogP contribution in [0.1, 0.15) is 0 Å². The van der Waals surface area contributed by atoms with Crippen molar-refractivity contribution in [3.8, 4) is 0 Å². The first-order valence-corrected chi connectivity index (χ1v) is 4.94. The number of H-pyrrole nitrogens is 1. The minimum Gasteiger partial charge on any atom is -0.265 e. The Morgan fingerprint density at radius 2 is 2.14 bits per heavy atom. The fourth-order valence-corrected chi connectivity index (χ4v) is 1.68. The van der Waals surface area contributed by atoms with Crippen molar-refractivity contribution in [3.05, 3.63) is 18.5 Å². The predicted octanol–water partition coefficient (Wildman–Crippen LogP) is 0.0271. The van der Waals surface area contributed by atoms with Gasteiger partial charge in [0.2, 0.25) is 0 Å². The molecule has 14 heavy (non-hydrogen) atoms. The second-order valence-corrected chi connectivity index (χ2v) is 3.99. The van der Waals surface area contributed by atoms with E-state index < -0.39 is 10.0 Å². The summed E-state index contributed by atoms with van der Waals surface area (Å²) in [5.41, 5.74) is 0.527. The lowest BCUT2D eigenvalue weighted by Gasteiger charge is -1.91. The SMILES string of the molecule is Cl.NS(=O)(=O)c1[nH]nc2ccncc12. The van der Waals surface area contributed by atoms with Crippen LogP contribution >= 0.6 is 12.4 Å². The lowest BCUT2D eigenvalue weighted by atomic mass is 10.3. The van der Waals surface area contributed by atoms with Crippen LogP contribution < -0.4 is 5.14 Å². The maximum Gasteiger partial charge on any atom is 0.255 e. The Morgan fingerprint density at radius 1 is 1.43 bits per heavy atom. The monoisotopic (exact) mass is 234 g/mol. The van der Waals surface area contributed by atoms with E-state index in [1.54, 1.807) is 6.07 Å². The molecule has 0 unspecified atom stereocenters. The van der Waals surface area contributed by atoms with Crippen LogP contribution in [0.4, 0.5) is 0 Å². The predicted molar refractivity (Wildman–Crippen MR) is 52.5 cm³/mol. The van der Waals surface area contributed by atoms with Crippen molar-refractivity contribution in [2.24, 2.45) is 5.14 Å². The number of aromatic nitrogens is 3. The highest BCUT2D eigenvalue weighted by atomic mass is 35.5. The molecular formula is C6H7ClN4O2S.